The number of rotatable bonds is 2. The first-order chi connectivity index (χ1) is 6.02. The quantitative estimate of drug-likeness (QED) is 0.692. The van der Waals surface area contributed by atoms with E-state index >= 15 is 0 Å². The third-order valence-corrected chi connectivity index (χ3v) is 3.61. The molecule has 1 saturated heterocycles. The predicted molar refractivity (Wildman–Crippen MR) is 58.9 cm³/mol. The fourth-order valence-corrected chi connectivity index (χ4v) is 2.62. The van der Waals surface area contributed by atoms with Gasteiger partial charge >= 0.3 is 0 Å². The lowest BCUT2D eigenvalue weighted by Gasteiger charge is -2.48. The lowest BCUT2D eigenvalue weighted by molar-refractivity contribution is 0.0907. The SMILES string of the molecule is CCCC1(C(C)(C)C)CCCCN1. The van der Waals surface area contributed by atoms with Crippen molar-refractivity contribution in [3.05, 3.63) is 0 Å². The van der Waals surface area contributed by atoms with Crippen molar-refractivity contribution in [2.24, 2.45) is 5.41 Å². The van der Waals surface area contributed by atoms with Crippen molar-refractivity contribution in [2.75, 3.05) is 6.54 Å². The van der Waals surface area contributed by atoms with Gasteiger partial charge in [0, 0.05) is 5.54 Å². The summed E-state index contributed by atoms with van der Waals surface area (Å²) in [6, 6.07) is 0. The minimum Gasteiger partial charge on any atom is -0.311 e. The molecular formula is C12H25N. The topological polar surface area (TPSA) is 12.0 Å². The van der Waals surface area contributed by atoms with Crippen LogP contribution in [0.1, 0.15) is 59.8 Å². The van der Waals surface area contributed by atoms with Gasteiger partial charge in [0.15, 0.2) is 0 Å². The molecule has 0 aromatic carbocycles. The summed E-state index contributed by atoms with van der Waals surface area (Å²) in [5.41, 5.74) is 0.823. The second kappa shape index (κ2) is 4.00. The second-order valence-electron chi connectivity index (χ2n) is 5.47. The first-order valence-electron chi connectivity index (χ1n) is 5.77. The minimum absolute atomic E-state index is 0.406. The standard InChI is InChI=1S/C12H25N/c1-5-8-12(11(2,3)4)9-6-7-10-13-12/h13H,5-10H2,1-4H3. The van der Waals surface area contributed by atoms with E-state index in [1.54, 1.807) is 0 Å². The largest absolute Gasteiger partial charge is 0.311 e. The Kier molecular flexibility index (Phi) is 3.39. The van der Waals surface area contributed by atoms with E-state index in [2.05, 4.69) is 33.0 Å². The van der Waals surface area contributed by atoms with Crippen LogP contribution < -0.4 is 5.32 Å². The number of hydrogen-bond donors (Lipinski definition) is 1. The summed E-state index contributed by atoms with van der Waals surface area (Å²) < 4.78 is 0. The molecule has 1 N–H and O–H groups in total. The van der Waals surface area contributed by atoms with Crippen molar-refractivity contribution >= 4 is 0 Å². The highest BCUT2D eigenvalue weighted by Gasteiger charge is 2.41. The van der Waals surface area contributed by atoms with Gasteiger partial charge in [0.25, 0.3) is 0 Å². The number of hydrogen-bond acceptors (Lipinski definition) is 1. The van der Waals surface area contributed by atoms with Crippen LogP contribution in [0.25, 0.3) is 0 Å². The fourth-order valence-electron chi connectivity index (χ4n) is 2.62. The zero-order valence-corrected chi connectivity index (χ0v) is 9.74. The third-order valence-electron chi connectivity index (χ3n) is 3.61. The molecule has 1 heteroatoms. The molecule has 1 atom stereocenters. The van der Waals surface area contributed by atoms with Gasteiger partial charge in [-0.3, -0.25) is 0 Å². The second-order valence-corrected chi connectivity index (χ2v) is 5.47. The molecule has 0 bridgehead atoms. The molecule has 1 heterocycles. The van der Waals surface area contributed by atoms with Crippen LogP contribution in [-0.4, -0.2) is 12.1 Å². The predicted octanol–water partition coefficient (Wildman–Crippen LogP) is 3.34. The van der Waals surface area contributed by atoms with Gasteiger partial charge in [-0.15, -0.1) is 0 Å². The molecule has 0 aliphatic carbocycles. The highest BCUT2D eigenvalue weighted by Crippen LogP contribution is 2.39. The van der Waals surface area contributed by atoms with Crippen molar-refractivity contribution in [1.29, 1.82) is 0 Å². The van der Waals surface area contributed by atoms with Gasteiger partial charge < -0.3 is 5.32 Å². The van der Waals surface area contributed by atoms with E-state index in [-0.39, 0.29) is 0 Å². The molecule has 0 amide bonds. The van der Waals surface area contributed by atoms with E-state index < -0.39 is 0 Å². The highest BCUT2D eigenvalue weighted by molar-refractivity contribution is 4.99. The van der Waals surface area contributed by atoms with E-state index in [1.165, 1.54) is 38.6 Å². The molecule has 1 fully saturated rings. The Morgan fingerprint density at radius 3 is 2.31 bits per heavy atom. The molecule has 0 saturated carbocycles. The Bertz CT molecular complexity index is 143. The van der Waals surface area contributed by atoms with Crippen molar-refractivity contribution in [3.63, 3.8) is 0 Å². The van der Waals surface area contributed by atoms with Gasteiger partial charge in [-0.05, 0) is 31.2 Å². The van der Waals surface area contributed by atoms with Crippen LogP contribution in [-0.2, 0) is 0 Å². The summed E-state index contributed by atoms with van der Waals surface area (Å²) in [6.07, 6.45) is 6.76. The van der Waals surface area contributed by atoms with Crippen LogP contribution in [0.3, 0.4) is 0 Å². The van der Waals surface area contributed by atoms with Gasteiger partial charge in [-0.25, -0.2) is 0 Å². The van der Waals surface area contributed by atoms with E-state index in [9.17, 15) is 0 Å². The van der Waals surface area contributed by atoms with Crippen LogP contribution in [0.15, 0.2) is 0 Å². The zero-order chi connectivity index (χ0) is 9.95. The smallest absolute Gasteiger partial charge is 0.0229 e. The van der Waals surface area contributed by atoms with E-state index in [1.807, 2.05) is 0 Å². The van der Waals surface area contributed by atoms with Crippen molar-refractivity contribution in [2.45, 2.75) is 65.3 Å². The van der Waals surface area contributed by atoms with Crippen LogP contribution in [0.4, 0.5) is 0 Å². The molecule has 1 rings (SSSR count). The molecular weight excluding hydrogens is 158 g/mol. The molecule has 13 heavy (non-hydrogen) atoms. The highest BCUT2D eigenvalue weighted by atomic mass is 15.0. The number of piperidine rings is 1. The molecule has 0 aromatic rings. The van der Waals surface area contributed by atoms with Crippen LogP contribution in [0, 0.1) is 5.41 Å². The van der Waals surface area contributed by atoms with Crippen LogP contribution in [0.5, 0.6) is 0 Å². The van der Waals surface area contributed by atoms with Crippen LogP contribution in [0.2, 0.25) is 0 Å². The maximum atomic E-state index is 3.77. The molecule has 1 unspecified atom stereocenters. The zero-order valence-electron chi connectivity index (χ0n) is 9.74. The van der Waals surface area contributed by atoms with Gasteiger partial charge in [0.2, 0.25) is 0 Å². The van der Waals surface area contributed by atoms with Gasteiger partial charge in [0.1, 0.15) is 0 Å². The molecule has 1 aliphatic heterocycles. The monoisotopic (exact) mass is 183 g/mol. The first-order valence-corrected chi connectivity index (χ1v) is 5.77. The van der Waals surface area contributed by atoms with Gasteiger partial charge in [-0.2, -0.15) is 0 Å². The number of nitrogens with one attached hydrogen (secondary N) is 1. The van der Waals surface area contributed by atoms with E-state index in [4.69, 9.17) is 0 Å². The molecule has 1 nitrogen and oxygen atoms in total. The van der Waals surface area contributed by atoms with Gasteiger partial charge in [-0.1, -0.05) is 40.5 Å². The molecule has 78 valence electrons. The molecule has 1 aliphatic rings. The molecule has 0 radical (unpaired) electrons. The first kappa shape index (κ1) is 11.0. The summed E-state index contributed by atoms with van der Waals surface area (Å²) in [5.74, 6) is 0. The Morgan fingerprint density at radius 2 is 1.92 bits per heavy atom. The average Bonchev–Trinajstić information content (AvgIpc) is 2.04. The van der Waals surface area contributed by atoms with E-state index in [0.29, 0.717) is 11.0 Å². The van der Waals surface area contributed by atoms with Crippen molar-refractivity contribution in [3.8, 4) is 0 Å². The summed E-state index contributed by atoms with van der Waals surface area (Å²) in [7, 11) is 0. The van der Waals surface area contributed by atoms with E-state index in [0.717, 1.165) is 0 Å². The van der Waals surface area contributed by atoms with Crippen molar-refractivity contribution in [1.82, 2.24) is 5.32 Å². The summed E-state index contributed by atoms with van der Waals surface area (Å²) in [6.45, 7) is 10.6. The Balaban J connectivity index is 2.73. The molecule has 0 aromatic heterocycles. The van der Waals surface area contributed by atoms with Crippen molar-refractivity contribution < 1.29 is 0 Å². The lowest BCUT2D eigenvalue weighted by Crippen LogP contribution is -2.57. The van der Waals surface area contributed by atoms with Gasteiger partial charge in [0.05, 0.1) is 0 Å². The Morgan fingerprint density at radius 1 is 1.23 bits per heavy atom. The fraction of sp³-hybridized carbons (Fsp3) is 1.00. The Hall–Kier alpha value is -0.0400. The lowest BCUT2D eigenvalue weighted by atomic mass is 9.67. The summed E-state index contributed by atoms with van der Waals surface area (Å²) in [5, 5.41) is 3.77. The average molecular weight is 183 g/mol. The maximum Gasteiger partial charge on any atom is 0.0229 e. The minimum atomic E-state index is 0.406. The molecule has 0 spiro atoms. The normalized spacial score (nSPS) is 30.5. The third kappa shape index (κ3) is 2.25. The Labute approximate surface area is 83.3 Å². The summed E-state index contributed by atoms with van der Waals surface area (Å²) in [4.78, 5) is 0. The maximum absolute atomic E-state index is 3.77. The summed E-state index contributed by atoms with van der Waals surface area (Å²) >= 11 is 0. The van der Waals surface area contributed by atoms with Crippen LogP contribution >= 0.6 is 0 Å².